The highest BCUT2D eigenvalue weighted by molar-refractivity contribution is 5.76. The quantitative estimate of drug-likeness (QED) is 0.219. The minimum Gasteiger partial charge on any atom is -0.468 e. The number of hydrogen-bond donors (Lipinski definition) is 2. The molecule has 2 N–H and O–H groups in total. The van der Waals surface area contributed by atoms with Gasteiger partial charge in [0, 0.05) is 12.8 Å². The summed E-state index contributed by atoms with van der Waals surface area (Å²) in [5.74, 6) is 2.26. The Balaban J connectivity index is 1.59. The number of nitrogens with one attached hydrogen (secondary N) is 1. The molecule has 4 unspecified atom stereocenters. The van der Waals surface area contributed by atoms with E-state index in [2.05, 4.69) is 60.7 Å². The van der Waals surface area contributed by atoms with Crippen molar-refractivity contribution in [1.82, 2.24) is 5.32 Å². The third-order valence-electron chi connectivity index (χ3n) is 14.5. The fourth-order valence-corrected chi connectivity index (χ4v) is 11.7. The van der Waals surface area contributed by atoms with Crippen LogP contribution in [0.25, 0.3) is 0 Å². The van der Waals surface area contributed by atoms with E-state index in [0.717, 1.165) is 25.2 Å². The smallest absolute Gasteiger partial charge is 0.325 e. The van der Waals surface area contributed by atoms with E-state index in [1.54, 1.807) is 13.8 Å². The molecule has 0 aliphatic heterocycles. The van der Waals surface area contributed by atoms with Gasteiger partial charge in [0.05, 0.1) is 13.2 Å². The van der Waals surface area contributed by atoms with E-state index in [9.17, 15) is 14.7 Å². The van der Waals surface area contributed by atoms with Crippen molar-refractivity contribution in [2.75, 3.05) is 13.7 Å². The fraction of sp³-hybridized carbons (Fsp3) is 0.944. The standard InChI is InChI=1S/C36H63NO5/c1-22-13-17-34(8)27(33(22,6)7)15-19-35(9)28(34)21-26(42-24(3)39)29-25(14-18-36(29,35)10)32(4,5)16-12-20-37-30(23(2)38)31(40)41-11/h22-23,25-30,37-38H,12-21H2,1-11H3/t22-,23+,25?,26?,27?,28?,29-,30+,34-,35+,36+/m0/s1. The second kappa shape index (κ2) is 11.7. The number of ether oxygens (including phenoxy) is 2. The van der Waals surface area contributed by atoms with Gasteiger partial charge in [-0.2, -0.15) is 0 Å². The van der Waals surface area contributed by atoms with Crippen LogP contribution in [-0.4, -0.2) is 48.9 Å². The average molecular weight is 590 g/mol. The number of methoxy groups -OCH3 is 1. The zero-order chi connectivity index (χ0) is 31.5. The van der Waals surface area contributed by atoms with Crippen molar-refractivity contribution >= 4 is 11.9 Å². The fourth-order valence-electron chi connectivity index (χ4n) is 11.7. The van der Waals surface area contributed by atoms with Gasteiger partial charge in [-0.25, -0.2) is 0 Å². The molecule has 0 heterocycles. The van der Waals surface area contributed by atoms with Crippen LogP contribution in [0.15, 0.2) is 0 Å². The van der Waals surface area contributed by atoms with E-state index in [1.807, 2.05) is 0 Å². The van der Waals surface area contributed by atoms with Crippen molar-refractivity contribution in [2.45, 2.75) is 145 Å². The molecular formula is C36H63NO5. The van der Waals surface area contributed by atoms with Crippen LogP contribution in [0, 0.1) is 56.7 Å². The van der Waals surface area contributed by atoms with Crippen LogP contribution < -0.4 is 5.32 Å². The number of fused-ring (bicyclic) bond motifs is 5. The first-order valence-electron chi connectivity index (χ1n) is 17.0. The lowest BCUT2D eigenvalue weighted by atomic mass is 9.34. The normalized spacial score (nSPS) is 42.5. The number of hydrogen-bond acceptors (Lipinski definition) is 6. The molecule has 0 saturated heterocycles. The zero-order valence-corrected chi connectivity index (χ0v) is 28.8. The summed E-state index contributed by atoms with van der Waals surface area (Å²) in [7, 11) is 1.36. The maximum absolute atomic E-state index is 12.6. The third kappa shape index (κ3) is 5.37. The molecule has 4 aliphatic rings. The van der Waals surface area contributed by atoms with Crippen LogP contribution in [0.2, 0.25) is 0 Å². The van der Waals surface area contributed by atoms with Crippen LogP contribution in [0.1, 0.15) is 127 Å². The third-order valence-corrected chi connectivity index (χ3v) is 14.5. The number of aliphatic hydroxyl groups excluding tert-OH is 1. The van der Waals surface area contributed by atoms with Crippen molar-refractivity contribution in [3.8, 4) is 0 Å². The Kier molecular flexibility index (Phi) is 9.37. The largest absolute Gasteiger partial charge is 0.468 e. The maximum Gasteiger partial charge on any atom is 0.325 e. The van der Waals surface area contributed by atoms with Gasteiger partial charge in [-0.1, -0.05) is 55.4 Å². The second-order valence-corrected chi connectivity index (χ2v) is 17.1. The summed E-state index contributed by atoms with van der Waals surface area (Å²) in [6, 6.07) is -0.708. The van der Waals surface area contributed by atoms with Crippen molar-refractivity contribution in [3.05, 3.63) is 0 Å². The van der Waals surface area contributed by atoms with E-state index >= 15 is 0 Å². The number of carbonyl (C=O) groups is 2. The van der Waals surface area contributed by atoms with Gasteiger partial charge < -0.3 is 19.9 Å². The first-order chi connectivity index (χ1) is 19.4. The number of carbonyl (C=O) groups excluding carboxylic acids is 2. The minimum absolute atomic E-state index is 0.0348. The van der Waals surface area contributed by atoms with Gasteiger partial charge in [0.1, 0.15) is 12.1 Å². The molecule has 4 rings (SSSR count). The molecule has 4 fully saturated rings. The molecule has 0 radical (unpaired) electrons. The van der Waals surface area contributed by atoms with Crippen LogP contribution in [0.5, 0.6) is 0 Å². The summed E-state index contributed by atoms with van der Waals surface area (Å²) in [4.78, 5) is 24.7. The van der Waals surface area contributed by atoms with Crippen LogP contribution in [0.3, 0.4) is 0 Å². The van der Waals surface area contributed by atoms with Gasteiger partial charge in [0.2, 0.25) is 0 Å². The summed E-state index contributed by atoms with van der Waals surface area (Å²) >= 11 is 0. The lowest BCUT2D eigenvalue weighted by Crippen LogP contribution is -2.66. The lowest BCUT2D eigenvalue weighted by Gasteiger charge is -2.71. The van der Waals surface area contributed by atoms with Gasteiger partial charge in [-0.3, -0.25) is 9.59 Å². The molecule has 6 nitrogen and oxygen atoms in total. The SMILES string of the molecule is COC(=O)[C@H](NCCCC(C)(C)C1CC[C@]2(C)[C@@H]1C(OC(C)=O)CC1[C@@]3(C)CC[C@H](C)C(C)(C)C3CC[C@]12C)[C@@H](C)O. The summed E-state index contributed by atoms with van der Waals surface area (Å²) in [5.41, 5.74) is 1.01. The van der Waals surface area contributed by atoms with E-state index in [1.165, 1.54) is 45.6 Å². The van der Waals surface area contributed by atoms with Gasteiger partial charge in [0.15, 0.2) is 0 Å². The van der Waals surface area contributed by atoms with Gasteiger partial charge >= 0.3 is 11.9 Å². The topological polar surface area (TPSA) is 84.9 Å². The molecule has 11 atom stereocenters. The molecule has 0 aromatic carbocycles. The van der Waals surface area contributed by atoms with Gasteiger partial charge in [-0.05, 0) is 122 Å². The van der Waals surface area contributed by atoms with Gasteiger partial charge in [-0.15, -0.1) is 0 Å². The highest BCUT2D eigenvalue weighted by atomic mass is 16.5. The molecule has 6 heteroatoms. The molecule has 0 aromatic rings. The Bertz CT molecular complexity index is 1010. The van der Waals surface area contributed by atoms with Crippen molar-refractivity contribution in [3.63, 3.8) is 0 Å². The average Bonchev–Trinajstić information content (AvgIpc) is 3.27. The van der Waals surface area contributed by atoms with E-state index in [-0.39, 0.29) is 33.7 Å². The highest BCUT2D eigenvalue weighted by Gasteiger charge is 2.71. The molecule has 0 bridgehead atoms. The minimum atomic E-state index is -0.809. The predicted octanol–water partition coefficient (Wildman–Crippen LogP) is 7.17. The van der Waals surface area contributed by atoms with E-state index < -0.39 is 18.1 Å². The summed E-state index contributed by atoms with van der Waals surface area (Å²) in [5, 5.41) is 13.3. The maximum atomic E-state index is 12.6. The summed E-state index contributed by atoms with van der Waals surface area (Å²) in [6.45, 7) is 24.0. The molecule has 242 valence electrons. The number of aliphatic hydroxyl groups is 1. The van der Waals surface area contributed by atoms with Crippen LogP contribution in [0.4, 0.5) is 0 Å². The van der Waals surface area contributed by atoms with Crippen molar-refractivity contribution in [2.24, 2.45) is 56.7 Å². The molecule has 0 amide bonds. The molecular weight excluding hydrogens is 526 g/mol. The number of rotatable bonds is 9. The zero-order valence-electron chi connectivity index (χ0n) is 28.8. The summed E-state index contributed by atoms with van der Waals surface area (Å²) < 4.78 is 11.3. The van der Waals surface area contributed by atoms with E-state index in [0.29, 0.717) is 35.6 Å². The second-order valence-electron chi connectivity index (χ2n) is 17.1. The lowest BCUT2D eigenvalue weighted by molar-refractivity contribution is -0.242. The predicted molar refractivity (Wildman–Crippen MR) is 168 cm³/mol. The monoisotopic (exact) mass is 589 g/mol. The Hall–Kier alpha value is -1.14. The molecule has 42 heavy (non-hydrogen) atoms. The first kappa shape index (κ1) is 33.7. The Morgan fingerprint density at radius 2 is 1.64 bits per heavy atom. The van der Waals surface area contributed by atoms with Crippen molar-refractivity contribution < 1.29 is 24.2 Å². The Morgan fingerprint density at radius 1 is 1.00 bits per heavy atom. The van der Waals surface area contributed by atoms with E-state index in [4.69, 9.17) is 9.47 Å². The van der Waals surface area contributed by atoms with Crippen molar-refractivity contribution in [1.29, 1.82) is 0 Å². The Labute approximate surface area is 256 Å². The molecule has 4 aliphatic carbocycles. The van der Waals surface area contributed by atoms with Gasteiger partial charge in [0.25, 0.3) is 0 Å². The molecule has 0 spiro atoms. The summed E-state index contributed by atoms with van der Waals surface area (Å²) in [6.07, 6.45) is 9.59. The number of esters is 2. The highest BCUT2D eigenvalue weighted by Crippen LogP contribution is 2.76. The first-order valence-corrected chi connectivity index (χ1v) is 17.0. The Morgan fingerprint density at radius 3 is 2.24 bits per heavy atom. The van der Waals surface area contributed by atoms with Crippen LogP contribution in [-0.2, 0) is 19.1 Å². The molecule has 4 saturated carbocycles. The van der Waals surface area contributed by atoms with Crippen LogP contribution >= 0.6 is 0 Å². The molecule has 0 aromatic heterocycles.